The number of ketones is 1. The number of carbonyl (C=O) groups is 3. The van der Waals surface area contributed by atoms with E-state index in [1.54, 1.807) is 31.4 Å². The van der Waals surface area contributed by atoms with E-state index in [0.29, 0.717) is 48.3 Å². The number of thiazole rings is 1. The van der Waals surface area contributed by atoms with Crippen molar-refractivity contribution < 1.29 is 19.1 Å². The quantitative estimate of drug-likeness (QED) is 0.647. The summed E-state index contributed by atoms with van der Waals surface area (Å²) in [5.41, 5.74) is 1.50. The Kier molecular flexibility index (Phi) is 7.20. The van der Waals surface area contributed by atoms with Crippen LogP contribution in [0.5, 0.6) is 5.75 Å². The number of rotatable bonds is 8. The minimum Gasteiger partial charge on any atom is -0.497 e. The Morgan fingerprint density at radius 1 is 1.20 bits per heavy atom. The van der Waals surface area contributed by atoms with Gasteiger partial charge in [0, 0.05) is 42.7 Å². The smallest absolute Gasteiger partial charge is 0.226 e. The monoisotopic (exact) mass is 429 g/mol. The lowest BCUT2D eigenvalue weighted by atomic mass is 10.1. The summed E-state index contributed by atoms with van der Waals surface area (Å²) in [6.07, 6.45) is 1.45. The molecule has 1 aliphatic heterocycles. The van der Waals surface area contributed by atoms with Gasteiger partial charge in [0.05, 0.1) is 19.3 Å². The van der Waals surface area contributed by atoms with Crippen molar-refractivity contribution in [2.45, 2.75) is 46.1 Å². The number of anilines is 1. The average Bonchev–Trinajstić information content (AvgIpc) is 3.12. The Morgan fingerprint density at radius 3 is 2.60 bits per heavy atom. The largest absolute Gasteiger partial charge is 0.497 e. The predicted molar refractivity (Wildman–Crippen MR) is 116 cm³/mol. The SMILES string of the molecule is COc1ccc(C(=O)CCC(=O)Nc2nc3c(s2)CN(C(=O)CC(C)C)CC3)cc1. The standard InChI is InChI=1S/C22H27N3O4S/c1-14(2)12-21(28)25-11-10-17-19(13-25)30-22(23-17)24-20(27)9-8-18(26)15-4-6-16(29-3)7-5-15/h4-7,14H,8-13H2,1-3H3,(H,23,24,27). The zero-order valence-corrected chi connectivity index (χ0v) is 18.4. The molecule has 0 unspecified atom stereocenters. The molecule has 2 amide bonds. The van der Waals surface area contributed by atoms with Crippen LogP contribution in [0.25, 0.3) is 0 Å². The van der Waals surface area contributed by atoms with E-state index in [-0.39, 0.29) is 30.4 Å². The van der Waals surface area contributed by atoms with Crippen LogP contribution in [0.4, 0.5) is 5.13 Å². The normalized spacial score (nSPS) is 13.1. The van der Waals surface area contributed by atoms with Gasteiger partial charge in [-0.3, -0.25) is 14.4 Å². The van der Waals surface area contributed by atoms with Crippen LogP contribution in [0.2, 0.25) is 0 Å². The van der Waals surface area contributed by atoms with E-state index in [9.17, 15) is 14.4 Å². The third-order valence-electron chi connectivity index (χ3n) is 4.90. The summed E-state index contributed by atoms with van der Waals surface area (Å²) in [5, 5.41) is 3.32. The molecule has 160 valence electrons. The van der Waals surface area contributed by atoms with Gasteiger partial charge in [-0.2, -0.15) is 0 Å². The van der Waals surface area contributed by atoms with Crippen LogP contribution in [-0.4, -0.2) is 41.1 Å². The van der Waals surface area contributed by atoms with Crippen molar-refractivity contribution in [2.24, 2.45) is 5.92 Å². The molecule has 0 saturated heterocycles. The Balaban J connectivity index is 1.51. The number of nitrogens with zero attached hydrogens (tertiary/aromatic N) is 2. The van der Waals surface area contributed by atoms with Crippen LogP contribution in [0, 0.1) is 5.92 Å². The number of carbonyl (C=O) groups excluding carboxylic acids is 3. The summed E-state index contributed by atoms with van der Waals surface area (Å²) in [7, 11) is 1.57. The highest BCUT2D eigenvalue weighted by Gasteiger charge is 2.25. The number of hydrogen-bond acceptors (Lipinski definition) is 6. The molecule has 0 bridgehead atoms. The first-order valence-corrected chi connectivity index (χ1v) is 10.9. The number of hydrogen-bond donors (Lipinski definition) is 1. The molecule has 0 radical (unpaired) electrons. The van der Waals surface area contributed by atoms with Gasteiger partial charge in [-0.1, -0.05) is 25.2 Å². The molecule has 0 spiro atoms. The maximum Gasteiger partial charge on any atom is 0.226 e. The summed E-state index contributed by atoms with van der Waals surface area (Å²) in [6, 6.07) is 6.84. The summed E-state index contributed by atoms with van der Waals surface area (Å²) in [5.74, 6) is 0.838. The van der Waals surface area contributed by atoms with E-state index >= 15 is 0 Å². The minimum absolute atomic E-state index is 0.0914. The Hall–Kier alpha value is -2.74. The van der Waals surface area contributed by atoms with Gasteiger partial charge in [0.2, 0.25) is 11.8 Å². The van der Waals surface area contributed by atoms with Crippen LogP contribution < -0.4 is 10.1 Å². The zero-order chi connectivity index (χ0) is 21.7. The van der Waals surface area contributed by atoms with Crippen LogP contribution in [0.3, 0.4) is 0 Å². The topological polar surface area (TPSA) is 88.6 Å². The molecule has 0 aliphatic carbocycles. The molecule has 1 aromatic carbocycles. The molecule has 0 atom stereocenters. The van der Waals surface area contributed by atoms with E-state index < -0.39 is 0 Å². The second-order valence-electron chi connectivity index (χ2n) is 7.75. The first kappa shape index (κ1) is 22.0. The summed E-state index contributed by atoms with van der Waals surface area (Å²) in [6.45, 7) is 5.27. The molecule has 1 aliphatic rings. The van der Waals surface area contributed by atoms with E-state index in [4.69, 9.17) is 4.74 Å². The highest BCUT2D eigenvalue weighted by molar-refractivity contribution is 7.15. The molecule has 1 N–H and O–H groups in total. The van der Waals surface area contributed by atoms with Gasteiger partial charge >= 0.3 is 0 Å². The predicted octanol–water partition coefficient (Wildman–Crippen LogP) is 3.68. The van der Waals surface area contributed by atoms with E-state index in [1.165, 1.54) is 11.3 Å². The zero-order valence-electron chi connectivity index (χ0n) is 17.6. The molecule has 0 saturated carbocycles. The van der Waals surface area contributed by atoms with Crippen molar-refractivity contribution in [3.63, 3.8) is 0 Å². The highest BCUT2D eigenvalue weighted by Crippen LogP contribution is 2.29. The van der Waals surface area contributed by atoms with Crippen LogP contribution in [0.1, 0.15) is 54.0 Å². The lowest BCUT2D eigenvalue weighted by molar-refractivity contribution is -0.132. The Bertz CT molecular complexity index is 921. The highest BCUT2D eigenvalue weighted by atomic mass is 32.1. The molecule has 30 heavy (non-hydrogen) atoms. The number of amides is 2. The third-order valence-corrected chi connectivity index (χ3v) is 5.90. The van der Waals surface area contributed by atoms with Crippen molar-refractivity contribution in [1.82, 2.24) is 9.88 Å². The van der Waals surface area contributed by atoms with Gasteiger partial charge in [-0.15, -0.1) is 0 Å². The summed E-state index contributed by atoms with van der Waals surface area (Å²) < 4.78 is 5.08. The average molecular weight is 430 g/mol. The fourth-order valence-electron chi connectivity index (χ4n) is 3.27. The molecule has 3 rings (SSSR count). The molecule has 2 heterocycles. The molecule has 7 nitrogen and oxygen atoms in total. The number of Topliss-reactive ketones (excluding diaryl/α,β-unsaturated/α-hetero) is 1. The van der Waals surface area contributed by atoms with Crippen molar-refractivity contribution in [3.05, 3.63) is 40.4 Å². The van der Waals surface area contributed by atoms with Crippen molar-refractivity contribution in [3.8, 4) is 5.75 Å². The van der Waals surface area contributed by atoms with Crippen molar-refractivity contribution in [2.75, 3.05) is 19.0 Å². The number of aromatic nitrogens is 1. The van der Waals surface area contributed by atoms with E-state index in [1.807, 2.05) is 18.7 Å². The molecule has 8 heteroatoms. The first-order chi connectivity index (χ1) is 14.4. The van der Waals surface area contributed by atoms with Gasteiger partial charge in [0.25, 0.3) is 0 Å². The minimum atomic E-state index is -0.240. The Morgan fingerprint density at radius 2 is 1.93 bits per heavy atom. The molecular weight excluding hydrogens is 402 g/mol. The fourth-order valence-corrected chi connectivity index (χ4v) is 4.31. The second kappa shape index (κ2) is 9.84. The number of ether oxygens (including phenoxy) is 1. The molecular formula is C22H27N3O4S. The maximum absolute atomic E-state index is 12.3. The van der Waals surface area contributed by atoms with Gasteiger partial charge in [0.15, 0.2) is 10.9 Å². The van der Waals surface area contributed by atoms with Gasteiger partial charge in [-0.25, -0.2) is 4.98 Å². The lowest BCUT2D eigenvalue weighted by Gasteiger charge is -2.26. The molecule has 0 fully saturated rings. The van der Waals surface area contributed by atoms with Crippen molar-refractivity contribution >= 4 is 34.1 Å². The van der Waals surface area contributed by atoms with Crippen LogP contribution in [0.15, 0.2) is 24.3 Å². The Labute approximate surface area is 180 Å². The third kappa shape index (κ3) is 5.66. The number of fused-ring (bicyclic) bond motifs is 1. The van der Waals surface area contributed by atoms with Crippen LogP contribution >= 0.6 is 11.3 Å². The van der Waals surface area contributed by atoms with E-state index in [0.717, 1.165) is 10.6 Å². The fraction of sp³-hybridized carbons (Fsp3) is 0.455. The maximum atomic E-state index is 12.3. The molecule has 2 aromatic rings. The van der Waals surface area contributed by atoms with Gasteiger partial charge in [-0.05, 0) is 30.2 Å². The van der Waals surface area contributed by atoms with E-state index in [2.05, 4.69) is 10.3 Å². The van der Waals surface area contributed by atoms with Gasteiger partial charge < -0.3 is 15.0 Å². The summed E-state index contributed by atoms with van der Waals surface area (Å²) in [4.78, 5) is 44.2. The van der Waals surface area contributed by atoms with Crippen LogP contribution in [-0.2, 0) is 22.6 Å². The summed E-state index contributed by atoms with van der Waals surface area (Å²) >= 11 is 1.40. The number of nitrogens with one attached hydrogen (secondary N) is 1. The van der Waals surface area contributed by atoms with Gasteiger partial charge in [0.1, 0.15) is 5.75 Å². The lowest BCUT2D eigenvalue weighted by Crippen LogP contribution is -2.36. The van der Waals surface area contributed by atoms with Crippen molar-refractivity contribution in [1.29, 1.82) is 0 Å². The molecule has 1 aromatic heterocycles. The number of methoxy groups -OCH3 is 1. The first-order valence-electron chi connectivity index (χ1n) is 10.1. The second-order valence-corrected chi connectivity index (χ2v) is 8.84. The number of benzene rings is 1.